The molecule has 1 aliphatic carbocycles. The lowest BCUT2D eigenvalue weighted by atomic mass is 9.73. The first-order chi connectivity index (χ1) is 12.2. The standard InChI is InChI=1S/C20H27NO4/c22-19(25-12-15-6-2-1-3-7-15)21-17-10-20(23,16-8-4-5-9-16)11-18(21)14-24-13-17/h1-3,6-7,16-18,23H,4-5,8-14H2. The van der Waals surface area contributed by atoms with Gasteiger partial charge in [-0.15, -0.1) is 0 Å². The zero-order valence-electron chi connectivity index (χ0n) is 14.6. The average Bonchev–Trinajstić information content (AvgIpc) is 3.15. The van der Waals surface area contributed by atoms with Crippen molar-refractivity contribution < 1.29 is 19.4 Å². The monoisotopic (exact) mass is 345 g/mol. The van der Waals surface area contributed by atoms with Gasteiger partial charge in [-0.05, 0) is 37.2 Å². The number of amides is 1. The number of carbonyl (C=O) groups excluding carboxylic acids is 1. The number of hydrogen-bond donors (Lipinski definition) is 1. The third-order valence-electron chi connectivity index (χ3n) is 6.12. The Bertz CT molecular complexity index is 585. The van der Waals surface area contributed by atoms with E-state index in [0.29, 0.717) is 32.0 Å². The predicted molar refractivity (Wildman–Crippen MR) is 93.0 cm³/mol. The highest BCUT2D eigenvalue weighted by atomic mass is 16.6. The molecule has 3 aliphatic rings. The second-order valence-corrected chi connectivity index (χ2v) is 7.79. The molecule has 0 aromatic heterocycles. The Hall–Kier alpha value is -1.59. The largest absolute Gasteiger partial charge is 0.445 e. The van der Waals surface area contributed by atoms with Gasteiger partial charge in [0.2, 0.25) is 0 Å². The van der Waals surface area contributed by atoms with Crippen LogP contribution in [0.25, 0.3) is 0 Å². The van der Waals surface area contributed by atoms with E-state index in [-0.39, 0.29) is 24.8 Å². The van der Waals surface area contributed by atoms with Crippen LogP contribution in [0.5, 0.6) is 0 Å². The number of hydrogen-bond acceptors (Lipinski definition) is 4. The molecule has 0 radical (unpaired) electrons. The molecule has 5 heteroatoms. The minimum absolute atomic E-state index is 0.0821. The summed E-state index contributed by atoms with van der Waals surface area (Å²) in [5, 5.41) is 11.2. The van der Waals surface area contributed by atoms with Crippen LogP contribution in [0.2, 0.25) is 0 Å². The van der Waals surface area contributed by atoms with E-state index in [4.69, 9.17) is 9.47 Å². The minimum Gasteiger partial charge on any atom is -0.445 e. The first kappa shape index (κ1) is 16.9. The lowest BCUT2D eigenvalue weighted by Gasteiger charge is -2.52. The summed E-state index contributed by atoms with van der Waals surface area (Å²) in [5.74, 6) is 0.373. The predicted octanol–water partition coefficient (Wildman–Crippen LogP) is 3.11. The second-order valence-electron chi connectivity index (χ2n) is 7.79. The SMILES string of the molecule is O=C(OCc1ccccc1)N1C2COCC1CC(O)(C1CCCC1)C2. The topological polar surface area (TPSA) is 59.0 Å². The molecule has 25 heavy (non-hydrogen) atoms. The number of rotatable bonds is 3. The highest BCUT2D eigenvalue weighted by Gasteiger charge is 2.51. The summed E-state index contributed by atoms with van der Waals surface area (Å²) in [7, 11) is 0. The number of fused-ring (bicyclic) bond motifs is 2. The van der Waals surface area contributed by atoms with Crippen LogP contribution < -0.4 is 0 Å². The van der Waals surface area contributed by atoms with E-state index in [0.717, 1.165) is 18.4 Å². The number of nitrogens with zero attached hydrogens (tertiary/aromatic N) is 1. The van der Waals surface area contributed by atoms with Gasteiger partial charge in [-0.3, -0.25) is 4.90 Å². The average molecular weight is 345 g/mol. The van der Waals surface area contributed by atoms with Crippen LogP contribution in [0.15, 0.2) is 30.3 Å². The smallest absolute Gasteiger partial charge is 0.410 e. The fourth-order valence-electron chi connectivity index (χ4n) is 4.90. The highest BCUT2D eigenvalue weighted by molar-refractivity contribution is 5.69. The van der Waals surface area contributed by atoms with E-state index in [9.17, 15) is 9.90 Å². The Morgan fingerprint density at radius 2 is 1.80 bits per heavy atom. The van der Waals surface area contributed by atoms with Gasteiger partial charge in [-0.2, -0.15) is 0 Å². The van der Waals surface area contributed by atoms with E-state index in [1.165, 1.54) is 12.8 Å². The van der Waals surface area contributed by atoms with Gasteiger partial charge in [-0.1, -0.05) is 43.2 Å². The van der Waals surface area contributed by atoms with Crippen LogP contribution >= 0.6 is 0 Å². The van der Waals surface area contributed by atoms with Crippen LogP contribution in [-0.4, -0.2) is 47.0 Å². The van der Waals surface area contributed by atoms with Gasteiger partial charge in [0, 0.05) is 0 Å². The molecule has 1 N–H and O–H groups in total. The summed E-state index contributed by atoms with van der Waals surface area (Å²) in [4.78, 5) is 14.5. The van der Waals surface area contributed by atoms with Crippen molar-refractivity contribution in [2.75, 3.05) is 13.2 Å². The molecule has 3 fully saturated rings. The normalized spacial score (nSPS) is 32.6. The molecule has 1 aromatic carbocycles. The molecule has 2 heterocycles. The molecule has 2 aliphatic heterocycles. The third-order valence-corrected chi connectivity index (χ3v) is 6.12. The molecule has 4 rings (SSSR count). The molecule has 1 amide bonds. The van der Waals surface area contributed by atoms with Crippen LogP contribution in [-0.2, 0) is 16.1 Å². The van der Waals surface area contributed by atoms with E-state index in [1.54, 1.807) is 0 Å². The maximum Gasteiger partial charge on any atom is 0.410 e. The van der Waals surface area contributed by atoms with Gasteiger partial charge < -0.3 is 14.6 Å². The van der Waals surface area contributed by atoms with Crippen molar-refractivity contribution >= 4 is 6.09 Å². The van der Waals surface area contributed by atoms with E-state index < -0.39 is 5.60 Å². The van der Waals surface area contributed by atoms with Crippen molar-refractivity contribution in [3.8, 4) is 0 Å². The van der Waals surface area contributed by atoms with Gasteiger partial charge in [0.25, 0.3) is 0 Å². The number of aliphatic hydroxyl groups is 1. The quantitative estimate of drug-likeness (QED) is 0.914. The van der Waals surface area contributed by atoms with Crippen LogP contribution in [0.4, 0.5) is 4.79 Å². The van der Waals surface area contributed by atoms with Gasteiger partial charge >= 0.3 is 6.09 Å². The summed E-state index contributed by atoms with van der Waals surface area (Å²) in [5.41, 5.74) is 0.336. The lowest BCUT2D eigenvalue weighted by molar-refractivity contribution is -0.152. The van der Waals surface area contributed by atoms with Gasteiger partial charge in [0.15, 0.2) is 0 Å². The Kier molecular flexibility index (Phi) is 4.69. The fourth-order valence-corrected chi connectivity index (χ4v) is 4.90. The molecule has 2 saturated heterocycles. The maximum absolute atomic E-state index is 12.7. The van der Waals surface area contributed by atoms with Crippen LogP contribution in [0.3, 0.4) is 0 Å². The maximum atomic E-state index is 12.7. The van der Waals surface area contributed by atoms with Gasteiger partial charge in [0.1, 0.15) is 6.61 Å². The summed E-state index contributed by atoms with van der Waals surface area (Å²) >= 11 is 0. The Morgan fingerprint density at radius 3 is 2.44 bits per heavy atom. The number of benzene rings is 1. The van der Waals surface area contributed by atoms with E-state index >= 15 is 0 Å². The molecule has 5 nitrogen and oxygen atoms in total. The first-order valence-electron chi connectivity index (χ1n) is 9.45. The van der Waals surface area contributed by atoms with Crippen LogP contribution in [0.1, 0.15) is 44.1 Å². The van der Waals surface area contributed by atoms with Crippen molar-refractivity contribution in [2.45, 2.75) is 62.8 Å². The van der Waals surface area contributed by atoms with Crippen molar-refractivity contribution in [3.63, 3.8) is 0 Å². The van der Waals surface area contributed by atoms with Crippen molar-refractivity contribution in [3.05, 3.63) is 35.9 Å². The highest BCUT2D eigenvalue weighted by Crippen LogP contribution is 2.45. The van der Waals surface area contributed by atoms with Crippen molar-refractivity contribution in [1.82, 2.24) is 4.90 Å². The van der Waals surface area contributed by atoms with E-state index in [2.05, 4.69) is 0 Å². The number of carbonyl (C=O) groups is 1. The molecule has 1 saturated carbocycles. The molecule has 1 aromatic rings. The van der Waals surface area contributed by atoms with Crippen LogP contribution in [0, 0.1) is 5.92 Å². The molecule has 0 spiro atoms. The number of morpholine rings is 1. The second kappa shape index (κ2) is 6.96. The van der Waals surface area contributed by atoms with Crippen molar-refractivity contribution in [2.24, 2.45) is 5.92 Å². The Labute approximate surface area is 148 Å². The first-order valence-corrected chi connectivity index (χ1v) is 9.45. The molecule has 2 unspecified atom stereocenters. The van der Waals surface area contributed by atoms with Gasteiger partial charge in [0.05, 0.1) is 30.9 Å². The number of ether oxygens (including phenoxy) is 2. The summed E-state index contributed by atoms with van der Waals surface area (Å²) in [6, 6.07) is 9.56. The minimum atomic E-state index is -0.647. The molecular weight excluding hydrogens is 318 g/mol. The molecule has 2 bridgehead atoms. The summed E-state index contributed by atoms with van der Waals surface area (Å²) in [6.45, 7) is 1.27. The molecule has 136 valence electrons. The fraction of sp³-hybridized carbons (Fsp3) is 0.650. The third kappa shape index (κ3) is 3.40. The zero-order valence-corrected chi connectivity index (χ0v) is 14.6. The van der Waals surface area contributed by atoms with Gasteiger partial charge in [-0.25, -0.2) is 4.79 Å². The summed E-state index contributed by atoms with van der Waals surface area (Å²) < 4.78 is 11.2. The zero-order chi connectivity index (χ0) is 17.3. The summed E-state index contributed by atoms with van der Waals surface area (Å²) in [6.07, 6.45) is 5.56. The molecule has 2 atom stereocenters. The molecular formula is C20H27NO4. The van der Waals surface area contributed by atoms with E-state index in [1.807, 2.05) is 35.2 Å². The Morgan fingerprint density at radius 1 is 1.16 bits per heavy atom. The Balaban J connectivity index is 1.43. The van der Waals surface area contributed by atoms with Crippen molar-refractivity contribution in [1.29, 1.82) is 0 Å². The number of piperidine rings is 1. The lowest BCUT2D eigenvalue weighted by Crippen LogP contribution is -2.64.